The molecule has 0 atom stereocenters. The molecular weight excluding hydrogens is 250 g/mol. The highest BCUT2D eigenvalue weighted by atomic mass is 32.1. The second-order valence-corrected chi connectivity index (χ2v) is 4.61. The minimum atomic E-state index is -0.200. The maximum atomic E-state index is 11.6. The summed E-state index contributed by atoms with van der Waals surface area (Å²) in [7, 11) is 1.82. The molecule has 1 N–H and O–H groups in total. The van der Waals surface area contributed by atoms with Gasteiger partial charge in [0.15, 0.2) is 10.8 Å². The number of hydrogen-bond donors (Lipinski definition) is 1. The van der Waals surface area contributed by atoms with Crippen molar-refractivity contribution in [3.63, 3.8) is 0 Å². The molecule has 0 bridgehead atoms. The Morgan fingerprint density at radius 1 is 1.44 bits per heavy atom. The molecular formula is C11H9N5OS. The van der Waals surface area contributed by atoms with Gasteiger partial charge in [-0.25, -0.2) is 9.97 Å². The number of rotatable bonds is 2. The Kier molecular flexibility index (Phi) is 2.52. The number of aromatic amines is 1. The zero-order valence-electron chi connectivity index (χ0n) is 9.49. The van der Waals surface area contributed by atoms with Crippen LogP contribution >= 0.6 is 11.3 Å². The van der Waals surface area contributed by atoms with Crippen molar-refractivity contribution in [2.24, 2.45) is 7.05 Å². The van der Waals surface area contributed by atoms with Crippen molar-refractivity contribution in [3.8, 4) is 22.1 Å². The second kappa shape index (κ2) is 4.19. The largest absolute Gasteiger partial charge is 0.304 e. The van der Waals surface area contributed by atoms with Crippen LogP contribution in [0.15, 0.2) is 34.8 Å². The number of nitrogens with zero attached hydrogens (tertiary/aromatic N) is 4. The fraction of sp³-hybridized carbons (Fsp3) is 0.0909. The quantitative estimate of drug-likeness (QED) is 0.752. The Labute approximate surface area is 106 Å². The van der Waals surface area contributed by atoms with Gasteiger partial charge in [-0.15, -0.1) is 11.3 Å². The van der Waals surface area contributed by atoms with Crippen LogP contribution in [0.1, 0.15) is 0 Å². The van der Waals surface area contributed by atoms with E-state index in [1.165, 1.54) is 17.4 Å². The highest BCUT2D eigenvalue weighted by Crippen LogP contribution is 2.20. The van der Waals surface area contributed by atoms with E-state index in [1.807, 2.05) is 18.6 Å². The van der Waals surface area contributed by atoms with Gasteiger partial charge in [-0.05, 0) is 0 Å². The normalized spacial score (nSPS) is 10.7. The molecule has 90 valence electrons. The number of hydrogen-bond acceptors (Lipinski definition) is 5. The van der Waals surface area contributed by atoms with Gasteiger partial charge in [0.05, 0.1) is 11.9 Å². The Balaban J connectivity index is 2.15. The molecule has 18 heavy (non-hydrogen) atoms. The summed E-state index contributed by atoms with van der Waals surface area (Å²) >= 11 is 1.43. The molecule has 0 saturated carbocycles. The van der Waals surface area contributed by atoms with E-state index in [4.69, 9.17) is 0 Å². The van der Waals surface area contributed by atoms with Crippen LogP contribution in [0.4, 0.5) is 0 Å². The molecule has 0 fully saturated rings. The van der Waals surface area contributed by atoms with Crippen LogP contribution in [0.5, 0.6) is 0 Å². The van der Waals surface area contributed by atoms with E-state index in [1.54, 1.807) is 17.1 Å². The molecule has 3 heterocycles. The molecule has 3 aromatic heterocycles. The fourth-order valence-corrected chi connectivity index (χ4v) is 2.18. The lowest BCUT2D eigenvalue weighted by Gasteiger charge is -1.99. The van der Waals surface area contributed by atoms with Gasteiger partial charge < -0.3 is 4.98 Å². The van der Waals surface area contributed by atoms with Gasteiger partial charge in [0, 0.05) is 36.5 Å². The third-order valence-corrected chi connectivity index (χ3v) is 3.16. The summed E-state index contributed by atoms with van der Waals surface area (Å²) in [5, 5.41) is 6.60. The predicted octanol–water partition coefficient (Wildman–Crippen LogP) is 1.29. The summed E-state index contributed by atoms with van der Waals surface area (Å²) in [6.45, 7) is 0. The lowest BCUT2D eigenvalue weighted by Crippen LogP contribution is -2.08. The molecule has 0 aliphatic rings. The number of nitrogens with one attached hydrogen (secondary N) is 1. The van der Waals surface area contributed by atoms with Gasteiger partial charge in [-0.2, -0.15) is 5.10 Å². The minimum absolute atomic E-state index is 0.200. The standard InChI is InChI=1S/C11H9N5OS/c1-16-6-7(5-13-16)8-4-9(17)15-10(14-8)11-12-2-3-18-11/h2-6H,1H3,(H,14,15,17). The van der Waals surface area contributed by atoms with E-state index in [-0.39, 0.29) is 5.56 Å². The van der Waals surface area contributed by atoms with Crippen LogP contribution in [0.25, 0.3) is 22.1 Å². The first-order valence-electron chi connectivity index (χ1n) is 5.22. The third-order valence-electron chi connectivity index (χ3n) is 2.38. The van der Waals surface area contributed by atoms with Crippen molar-refractivity contribution < 1.29 is 0 Å². The average Bonchev–Trinajstić information content (AvgIpc) is 2.98. The van der Waals surface area contributed by atoms with E-state index in [9.17, 15) is 4.79 Å². The first-order chi connectivity index (χ1) is 8.72. The third kappa shape index (κ3) is 1.95. The molecule has 7 heteroatoms. The number of thiazole rings is 1. The van der Waals surface area contributed by atoms with Crippen LogP contribution in [0.3, 0.4) is 0 Å². The highest BCUT2D eigenvalue weighted by molar-refractivity contribution is 7.12. The zero-order chi connectivity index (χ0) is 12.5. The van der Waals surface area contributed by atoms with Gasteiger partial charge >= 0.3 is 0 Å². The second-order valence-electron chi connectivity index (χ2n) is 3.72. The Morgan fingerprint density at radius 3 is 3.00 bits per heavy atom. The van der Waals surface area contributed by atoms with Crippen molar-refractivity contribution >= 4 is 11.3 Å². The van der Waals surface area contributed by atoms with Crippen LogP contribution in [0, 0.1) is 0 Å². The number of aryl methyl sites for hydroxylation is 1. The molecule has 0 saturated heterocycles. The van der Waals surface area contributed by atoms with Crippen LogP contribution in [-0.2, 0) is 7.05 Å². The molecule has 3 aromatic rings. The Bertz CT molecular complexity index is 728. The molecule has 0 aliphatic carbocycles. The number of H-pyrrole nitrogens is 1. The first-order valence-corrected chi connectivity index (χ1v) is 6.10. The fourth-order valence-electron chi connectivity index (χ4n) is 1.60. The minimum Gasteiger partial charge on any atom is -0.304 e. The summed E-state index contributed by atoms with van der Waals surface area (Å²) in [6.07, 6.45) is 5.16. The average molecular weight is 259 g/mol. The maximum absolute atomic E-state index is 11.6. The van der Waals surface area contributed by atoms with Gasteiger partial charge in [0.2, 0.25) is 0 Å². The van der Waals surface area contributed by atoms with Crippen molar-refractivity contribution in [1.82, 2.24) is 24.7 Å². The lowest BCUT2D eigenvalue weighted by molar-refractivity contribution is 0.768. The first kappa shape index (κ1) is 10.8. The number of aromatic nitrogens is 5. The summed E-state index contributed by atoms with van der Waals surface area (Å²) < 4.78 is 1.67. The predicted molar refractivity (Wildman–Crippen MR) is 68.2 cm³/mol. The summed E-state index contributed by atoms with van der Waals surface area (Å²) in [4.78, 5) is 22.9. The topological polar surface area (TPSA) is 76.5 Å². The van der Waals surface area contributed by atoms with Gasteiger partial charge in [0.25, 0.3) is 5.56 Å². The van der Waals surface area contributed by atoms with Crippen molar-refractivity contribution in [1.29, 1.82) is 0 Å². The molecule has 0 radical (unpaired) electrons. The molecule has 6 nitrogen and oxygen atoms in total. The smallest absolute Gasteiger partial charge is 0.251 e. The summed E-state index contributed by atoms with van der Waals surface area (Å²) in [6, 6.07) is 1.45. The molecule has 0 aromatic carbocycles. The monoisotopic (exact) mass is 259 g/mol. The van der Waals surface area contributed by atoms with Crippen molar-refractivity contribution in [2.45, 2.75) is 0 Å². The molecule has 0 aliphatic heterocycles. The van der Waals surface area contributed by atoms with Crippen LogP contribution in [-0.4, -0.2) is 24.7 Å². The summed E-state index contributed by atoms with van der Waals surface area (Å²) in [5.74, 6) is 0.483. The van der Waals surface area contributed by atoms with Crippen molar-refractivity contribution in [2.75, 3.05) is 0 Å². The Hall–Kier alpha value is -2.28. The van der Waals surface area contributed by atoms with Crippen molar-refractivity contribution in [3.05, 3.63) is 40.4 Å². The van der Waals surface area contributed by atoms with E-state index in [0.29, 0.717) is 16.5 Å². The van der Waals surface area contributed by atoms with Crippen LogP contribution < -0.4 is 5.56 Å². The molecule has 0 unspecified atom stereocenters. The van der Waals surface area contributed by atoms with Gasteiger partial charge in [-0.3, -0.25) is 9.48 Å². The Morgan fingerprint density at radius 2 is 2.33 bits per heavy atom. The van der Waals surface area contributed by atoms with E-state index >= 15 is 0 Å². The van der Waals surface area contributed by atoms with Crippen LogP contribution in [0.2, 0.25) is 0 Å². The van der Waals surface area contributed by atoms with Gasteiger partial charge in [0.1, 0.15) is 0 Å². The summed E-state index contributed by atoms with van der Waals surface area (Å²) in [5.41, 5.74) is 1.20. The molecule has 3 rings (SSSR count). The van der Waals surface area contributed by atoms with E-state index in [0.717, 1.165) is 5.56 Å². The maximum Gasteiger partial charge on any atom is 0.251 e. The molecule has 0 amide bonds. The molecule has 0 spiro atoms. The highest BCUT2D eigenvalue weighted by Gasteiger charge is 2.08. The lowest BCUT2D eigenvalue weighted by atomic mass is 10.2. The van der Waals surface area contributed by atoms with E-state index in [2.05, 4.69) is 20.1 Å². The van der Waals surface area contributed by atoms with Gasteiger partial charge in [-0.1, -0.05) is 0 Å². The SMILES string of the molecule is Cn1cc(-c2cc(=O)[nH]c(-c3nccs3)n2)cn1. The van der Waals surface area contributed by atoms with E-state index < -0.39 is 0 Å². The zero-order valence-corrected chi connectivity index (χ0v) is 10.3.